The lowest BCUT2D eigenvalue weighted by Crippen LogP contribution is -2.26. The number of ether oxygens (including phenoxy) is 2. The Bertz CT molecular complexity index is 718. The average molecular weight is 378 g/mol. The van der Waals surface area contributed by atoms with Gasteiger partial charge in [-0.25, -0.2) is 4.79 Å². The summed E-state index contributed by atoms with van der Waals surface area (Å²) in [6, 6.07) is 9.72. The summed E-state index contributed by atoms with van der Waals surface area (Å²) in [6.45, 7) is 4.99. The molecule has 0 atom stereocenters. The minimum absolute atomic E-state index is 0.219. The molecule has 0 saturated heterocycles. The Labute approximate surface area is 158 Å². The van der Waals surface area contributed by atoms with E-state index in [4.69, 9.17) is 25.5 Å². The topological polar surface area (TPSA) is 51.9 Å². The molecule has 1 aromatic carbocycles. The van der Waals surface area contributed by atoms with E-state index < -0.39 is 6.16 Å². The monoisotopic (exact) mass is 377 g/mol. The van der Waals surface area contributed by atoms with Crippen LogP contribution >= 0.6 is 11.6 Å². The first-order valence-corrected chi connectivity index (χ1v) is 9.45. The van der Waals surface area contributed by atoms with Gasteiger partial charge in [0.25, 0.3) is 5.95 Å². The number of furan rings is 1. The van der Waals surface area contributed by atoms with E-state index in [1.54, 1.807) is 6.07 Å². The number of unbranched alkanes of at least 4 members (excludes halogenated alkanes) is 1. The van der Waals surface area contributed by atoms with Crippen molar-refractivity contribution >= 4 is 17.8 Å². The molecule has 1 aliphatic heterocycles. The predicted molar refractivity (Wildman–Crippen MR) is 99.7 cm³/mol. The third-order valence-electron chi connectivity index (χ3n) is 4.48. The smallest absolute Gasteiger partial charge is 0.434 e. The van der Waals surface area contributed by atoms with E-state index >= 15 is 0 Å². The summed E-state index contributed by atoms with van der Waals surface area (Å²) in [5.74, 6) is 1.10. The minimum Gasteiger partial charge on any atom is -0.434 e. The minimum atomic E-state index is -0.706. The fraction of sp³-hybridized carbons (Fsp3) is 0.450. The first kappa shape index (κ1) is 18.8. The molecule has 5 nitrogen and oxygen atoms in total. The van der Waals surface area contributed by atoms with Gasteiger partial charge in [0, 0.05) is 37.1 Å². The maximum absolute atomic E-state index is 11.6. The first-order valence-electron chi connectivity index (χ1n) is 9.07. The summed E-state index contributed by atoms with van der Waals surface area (Å²) < 4.78 is 15.8. The molecule has 0 bridgehead atoms. The van der Waals surface area contributed by atoms with Crippen LogP contribution in [0.25, 0.3) is 0 Å². The Morgan fingerprint density at radius 1 is 1.27 bits per heavy atom. The van der Waals surface area contributed by atoms with Crippen molar-refractivity contribution < 1.29 is 18.7 Å². The van der Waals surface area contributed by atoms with Gasteiger partial charge < -0.3 is 13.9 Å². The molecule has 0 spiro atoms. The largest absolute Gasteiger partial charge is 0.516 e. The summed E-state index contributed by atoms with van der Waals surface area (Å²) in [4.78, 5) is 14.0. The summed E-state index contributed by atoms with van der Waals surface area (Å²) in [7, 11) is 0. The van der Waals surface area contributed by atoms with Crippen LogP contribution in [0.15, 0.2) is 34.7 Å². The van der Waals surface area contributed by atoms with Gasteiger partial charge in [-0.05, 0) is 30.0 Å². The Balaban J connectivity index is 1.54. The molecule has 0 fully saturated rings. The molecule has 6 heteroatoms. The second-order valence-corrected chi connectivity index (χ2v) is 6.84. The molecule has 0 saturated carbocycles. The molecule has 1 aliphatic rings. The van der Waals surface area contributed by atoms with Crippen molar-refractivity contribution in [2.75, 3.05) is 19.7 Å². The fourth-order valence-corrected chi connectivity index (χ4v) is 3.20. The molecule has 26 heavy (non-hydrogen) atoms. The highest BCUT2D eigenvalue weighted by Crippen LogP contribution is 2.27. The van der Waals surface area contributed by atoms with Crippen molar-refractivity contribution in [3.8, 4) is 5.95 Å². The van der Waals surface area contributed by atoms with Crippen LogP contribution in [-0.2, 0) is 24.1 Å². The maximum atomic E-state index is 11.6. The van der Waals surface area contributed by atoms with E-state index in [0.717, 1.165) is 67.2 Å². The Morgan fingerprint density at radius 2 is 2.08 bits per heavy atom. The quantitative estimate of drug-likeness (QED) is 0.532. The van der Waals surface area contributed by atoms with Gasteiger partial charge in [0.2, 0.25) is 0 Å². The van der Waals surface area contributed by atoms with Gasteiger partial charge in [-0.1, -0.05) is 43.1 Å². The SMILES string of the molecule is CCCCOC(=O)Oc1cc2c(o1)CCN(Cc1ccccc1Cl)CC2. The van der Waals surface area contributed by atoms with Crippen molar-refractivity contribution in [1.82, 2.24) is 4.90 Å². The standard InChI is InChI=1S/C20H24ClNO4/c1-2-3-12-24-20(23)26-19-13-15-8-10-22(11-9-18(15)25-19)14-16-6-4-5-7-17(16)21/h4-7,13H,2-3,8-12,14H2,1H3. The number of carbonyl (C=O) groups excluding carboxylic acids is 1. The zero-order chi connectivity index (χ0) is 18.4. The summed E-state index contributed by atoms with van der Waals surface area (Å²) in [5.41, 5.74) is 2.22. The molecule has 0 radical (unpaired) electrons. The molecule has 0 unspecified atom stereocenters. The van der Waals surface area contributed by atoms with Gasteiger partial charge in [0.1, 0.15) is 5.76 Å². The van der Waals surface area contributed by atoms with Crippen LogP contribution in [0.1, 0.15) is 36.7 Å². The summed E-state index contributed by atoms with van der Waals surface area (Å²) >= 11 is 6.26. The number of benzene rings is 1. The third-order valence-corrected chi connectivity index (χ3v) is 4.85. The van der Waals surface area contributed by atoms with E-state index in [-0.39, 0.29) is 5.95 Å². The van der Waals surface area contributed by atoms with Gasteiger partial charge >= 0.3 is 6.16 Å². The molecular formula is C20H24ClNO4. The lowest BCUT2D eigenvalue weighted by Gasteiger charge is -2.20. The van der Waals surface area contributed by atoms with Crippen molar-refractivity contribution in [3.05, 3.63) is 52.2 Å². The van der Waals surface area contributed by atoms with Gasteiger partial charge in [0.05, 0.1) is 6.61 Å². The van der Waals surface area contributed by atoms with Crippen LogP contribution in [0, 0.1) is 0 Å². The number of carbonyl (C=O) groups is 1. The third kappa shape index (κ3) is 5.02. The van der Waals surface area contributed by atoms with Crippen LogP contribution < -0.4 is 4.74 Å². The Kier molecular flexibility index (Phi) is 6.58. The molecular weight excluding hydrogens is 354 g/mol. The normalized spacial score (nSPS) is 14.5. The van der Waals surface area contributed by atoms with Crippen molar-refractivity contribution in [3.63, 3.8) is 0 Å². The average Bonchev–Trinajstić information content (AvgIpc) is 2.91. The number of nitrogens with zero attached hydrogens (tertiary/aromatic N) is 1. The van der Waals surface area contributed by atoms with E-state index in [1.165, 1.54) is 0 Å². The highest BCUT2D eigenvalue weighted by atomic mass is 35.5. The second kappa shape index (κ2) is 9.10. The fourth-order valence-electron chi connectivity index (χ4n) is 3.00. The van der Waals surface area contributed by atoms with Crippen molar-refractivity contribution in [2.45, 2.75) is 39.2 Å². The maximum Gasteiger partial charge on any atom is 0.516 e. The van der Waals surface area contributed by atoms with Crippen molar-refractivity contribution in [1.29, 1.82) is 0 Å². The first-order chi connectivity index (χ1) is 12.7. The highest BCUT2D eigenvalue weighted by Gasteiger charge is 2.21. The molecule has 2 heterocycles. The number of fused-ring (bicyclic) bond motifs is 1. The Hall–Kier alpha value is -1.98. The van der Waals surface area contributed by atoms with Crippen LogP contribution in [0.5, 0.6) is 5.95 Å². The van der Waals surface area contributed by atoms with Gasteiger partial charge in [-0.2, -0.15) is 0 Å². The van der Waals surface area contributed by atoms with Crippen LogP contribution in [-0.4, -0.2) is 30.8 Å². The van der Waals surface area contributed by atoms with Gasteiger partial charge in [0.15, 0.2) is 0 Å². The number of halogens is 1. The zero-order valence-corrected chi connectivity index (χ0v) is 15.8. The zero-order valence-electron chi connectivity index (χ0n) is 15.0. The van der Waals surface area contributed by atoms with Crippen LogP contribution in [0.4, 0.5) is 4.79 Å². The molecule has 0 N–H and O–H groups in total. The molecule has 0 amide bonds. The Morgan fingerprint density at radius 3 is 2.88 bits per heavy atom. The predicted octanol–water partition coefficient (Wildman–Crippen LogP) is 4.85. The second-order valence-electron chi connectivity index (χ2n) is 6.44. The van der Waals surface area contributed by atoms with Gasteiger partial charge in [-0.3, -0.25) is 4.90 Å². The number of hydrogen-bond donors (Lipinski definition) is 0. The van der Waals surface area contributed by atoms with E-state index in [1.807, 2.05) is 25.1 Å². The van der Waals surface area contributed by atoms with Crippen LogP contribution in [0.3, 0.4) is 0 Å². The lowest BCUT2D eigenvalue weighted by atomic mass is 10.2. The molecule has 3 rings (SSSR count). The van der Waals surface area contributed by atoms with Crippen molar-refractivity contribution in [2.24, 2.45) is 0 Å². The van der Waals surface area contributed by atoms with Crippen LogP contribution in [0.2, 0.25) is 5.02 Å². The van der Waals surface area contributed by atoms with Gasteiger partial charge in [-0.15, -0.1) is 0 Å². The number of hydrogen-bond acceptors (Lipinski definition) is 5. The summed E-state index contributed by atoms with van der Waals surface area (Å²) in [6.07, 6.45) is 2.70. The number of rotatable bonds is 6. The van der Waals surface area contributed by atoms with E-state index in [9.17, 15) is 4.79 Å². The van der Waals surface area contributed by atoms with E-state index in [0.29, 0.717) is 6.61 Å². The molecule has 0 aliphatic carbocycles. The lowest BCUT2D eigenvalue weighted by molar-refractivity contribution is 0.0885. The highest BCUT2D eigenvalue weighted by molar-refractivity contribution is 6.31. The molecule has 1 aromatic heterocycles. The van der Waals surface area contributed by atoms with E-state index in [2.05, 4.69) is 11.0 Å². The molecule has 140 valence electrons. The molecule has 2 aromatic rings. The summed E-state index contributed by atoms with van der Waals surface area (Å²) in [5, 5.41) is 0.797.